The Morgan fingerprint density at radius 1 is 0.778 bits per heavy atom. The van der Waals surface area contributed by atoms with Crippen molar-refractivity contribution in [2.24, 2.45) is 0 Å². The van der Waals surface area contributed by atoms with Gasteiger partial charge in [-0.05, 0) is 41.3 Å². The van der Waals surface area contributed by atoms with Gasteiger partial charge < -0.3 is 14.4 Å². The maximum atomic E-state index is 12.7. The lowest BCUT2D eigenvalue weighted by molar-refractivity contribution is 0.0697. The fraction of sp³-hybridized carbons (Fsp3) is 0.0938. The molecule has 1 aromatic heterocycles. The standard InChI is InChI=1S/C32H27NO3/c1-23-29(20-24-12-5-2-6-13-24)30(32(34)35)31(26-16-9-4-10-17-26)33(23)27-18-11-19-28(21-27)36-22-25-14-7-3-8-15-25/h2-19,21H,20,22H2,1H3,(H,34,35). The fourth-order valence-electron chi connectivity index (χ4n) is 4.63. The van der Waals surface area contributed by atoms with Gasteiger partial charge in [-0.3, -0.25) is 0 Å². The largest absolute Gasteiger partial charge is 0.489 e. The Kier molecular flexibility index (Phi) is 6.67. The highest BCUT2D eigenvalue weighted by atomic mass is 16.5. The first kappa shape index (κ1) is 23.2. The van der Waals surface area contributed by atoms with E-state index in [0.717, 1.165) is 39.4 Å². The van der Waals surface area contributed by atoms with Gasteiger partial charge in [0.05, 0.1) is 11.3 Å². The van der Waals surface area contributed by atoms with Crippen molar-refractivity contribution in [3.8, 4) is 22.7 Å². The van der Waals surface area contributed by atoms with Gasteiger partial charge in [0.1, 0.15) is 12.4 Å². The van der Waals surface area contributed by atoms with Crippen molar-refractivity contribution < 1.29 is 14.6 Å². The van der Waals surface area contributed by atoms with E-state index in [1.165, 1.54) is 0 Å². The summed E-state index contributed by atoms with van der Waals surface area (Å²) in [7, 11) is 0. The Morgan fingerprint density at radius 2 is 1.39 bits per heavy atom. The first-order valence-corrected chi connectivity index (χ1v) is 12.0. The number of benzene rings is 4. The molecular weight excluding hydrogens is 446 g/mol. The number of rotatable bonds is 8. The second-order valence-corrected chi connectivity index (χ2v) is 8.73. The lowest BCUT2D eigenvalue weighted by Crippen LogP contribution is -2.04. The predicted octanol–water partition coefficient (Wildman–Crippen LogP) is 7.32. The van der Waals surface area contributed by atoms with Crippen LogP contribution >= 0.6 is 0 Å². The number of carboxylic acid groups (broad SMARTS) is 1. The van der Waals surface area contributed by atoms with Crippen molar-refractivity contribution >= 4 is 5.97 Å². The topological polar surface area (TPSA) is 51.5 Å². The van der Waals surface area contributed by atoms with Crippen molar-refractivity contribution in [1.29, 1.82) is 0 Å². The summed E-state index contributed by atoms with van der Waals surface area (Å²) in [6.45, 7) is 2.45. The molecule has 5 rings (SSSR count). The third-order valence-electron chi connectivity index (χ3n) is 6.34. The van der Waals surface area contributed by atoms with Crippen molar-refractivity contribution in [3.05, 3.63) is 143 Å². The zero-order valence-electron chi connectivity index (χ0n) is 20.1. The molecule has 4 heteroatoms. The van der Waals surface area contributed by atoms with Crippen molar-refractivity contribution in [1.82, 2.24) is 4.57 Å². The quantitative estimate of drug-likeness (QED) is 0.257. The molecule has 0 aliphatic rings. The summed E-state index contributed by atoms with van der Waals surface area (Å²) in [6.07, 6.45) is 0.533. The smallest absolute Gasteiger partial charge is 0.338 e. The molecule has 5 aromatic rings. The molecule has 178 valence electrons. The van der Waals surface area contributed by atoms with Crippen molar-refractivity contribution in [2.45, 2.75) is 20.0 Å². The summed E-state index contributed by atoms with van der Waals surface area (Å²) in [6, 6.07) is 37.6. The van der Waals surface area contributed by atoms with Gasteiger partial charge in [0.2, 0.25) is 0 Å². The molecule has 1 N–H and O–H groups in total. The number of ether oxygens (including phenoxy) is 1. The normalized spacial score (nSPS) is 10.8. The van der Waals surface area contributed by atoms with Crippen LogP contribution in [-0.4, -0.2) is 15.6 Å². The molecule has 0 aliphatic heterocycles. The number of hydrogen-bond acceptors (Lipinski definition) is 2. The molecule has 1 heterocycles. The molecule has 0 saturated carbocycles. The second-order valence-electron chi connectivity index (χ2n) is 8.73. The second kappa shape index (κ2) is 10.4. The molecule has 4 aromatic carbocycles. The predicted molar refractivity (Wildman–Crippen MR) is 143 cm³/mol. The zero-order chi connectivity index (χ0) is 24.9. The van der Waals surface area contributed by atoms with Crippen LogP contribution in [0.4, 0.5) is 0 Å². The third-order valence-corrected chi connectivity index (χ3v) is 6.34. The Labute approximate surface area is 211 Å². The summed E-state index contributed by atoms with van der Waals surface area (Å²) in [5, 5.41) is 10.4. The van der Waals surface area contributed by atoms with Crippen molar-refractivity contribution in [3.63, 3.8) is 0 Å². The van der Waals surface area contributed by atoms with Crippen LogP contribution in [-0.2, 0) is 13.0 Å². The van der Waals surface area contributed by atoms with E-state index in [4.69, 9.17) is 4.74 Å². The monoisotopic (exact) mass is 473 g/mol. The van der Waals surface area contributed by atoms with Gasteiger partial charge in [-0.15, -0.1) is 0 Å². The van der Waals surface area contributed by atoms with Gasteiger partial charge >= 0.3 is 5.97 Å². The molecule has 0 unspecified atom stereocenters. The van der Waals surface area contributed by atoms with Crippen LogP contribution in [0.25, 0.3) is 16.9 Å². The minimum absolute atomic E-state index is 0.332. The van der Waals surface area contributed by atoms with Crippen LogP contribution in [0.2, 0.25) is 0 Å². The maximum Gasteiger partial charge on any atom is 0.338 e. The first-order valence-electron chi connectivity index (χ1n) is 12.0. The summed E-state index contributed by atoms with van der Waals surface area (Å²) < 4.78 is 8.14. The molecule has 0 aliphatic carbocycles. The number of carbonyl (C=O) groups is 1. The van der Waals surface area contributed by atoms with Gasteiger partial charge in [0.25, 0.3) is 0 Å². The van der Waals surface area contributed by atoms with Gasteiger partial charge in [-0.25, -0.2) is 4.79 Å². The van der Waals surface area contributed by atoms with Crippen LogP contribution in [0, 0.1) is 6.92 Å². The van der Waals surface area contributed by atoms with Crippen LogP contribution in [0.15, 0.2) is 115 Å². The van der Waals surface area contributed by atoms with E-state index < -0.39 is 5.97 Å². The van der Waals surface area contributed by atoms with Crippen LogP contribution in [0.5, 0.6) is 5.75 Å². The van der Waals surface area contributed by atoms with E-state index in [0.29, 0.717) is 24.3 Å². The Bertz CT molecular complexity index is 1470. The Hall–Kier alpha value is -4.57. The van der Waals surface area contributed by atoms with E-state index in [1.807, 2.05) is 127 Å². The Balaban J connectivity index is 1.64. The molecule has 0 saturated heterocycles. The molecule has 0 atom stereocenters. The van der Waals surface area contributed by atoms with Gasteiger partial charge in [0.15, 0.2) is 0 Å². The van der Waals surface area contributed by atoms with Gasteiger partial charge in [0, 0.05) is 23.9 Å². The van der Waals surface area contributed by atoms with E-state index in [9.17, 15) is 9.90 Å². The lowest BCUT2D eigenvalue weighted by Gasteiger charge is -2.15. The molecule has 0 fully saturated rings. The van der Waals surface area contributed by atoms with Crippen LogP contribution < -0.4 is 4.74 Å². The molecule has 4 nitrogen and oxygen atoms in total. The highest BCUT2D eigenvalue weighted by molar-refractivity contribution is 5.98. The molecule has 0 bridgehead atoms. The lowest BCUT2D eigenvalue weighted by atomic mass is 9.98. The molecular formula is C32H27NO3. The molecule has 0 radical (unpaired) electrons. The van der Waals surface area contributed by atoms with Crippen molar-refractivity contribution in [2.75, 3.05) is 0 Å². The summed E-state index contributed by atoms with van der Waals surface area (Å²) in [5.74, 6) is -0.205. The van der Waals surface area contributed by atoms with Gasteiger partial charge in [-0.1, -0.05) is 97.1 Å². The highest BCUT2D eigenvalue weighted by Gasteiger charge is 2.27. The number of aromatic nitrogens is 1. The fourth-order valence-corrected chi connectivity index (χ4v) is 4.63. The molecule has 36 heavy (non-hydrogen) atoms. The minimum Gasteiger partial charge on any atom is -0.489 e. The van der Waals surface area contributed by atoms with E-state index in [1.54, 1.807) is 0 Å². The Morgan fingerprint density at radius 3 is 2.03 bits per heavy atom. The minimum atomic E-state index is -0.932. The molecule has 0 amide bonds. The summed E-state index contributed by atoms with van der Waals surface area (Å²) in [5.41, 5.74) is 6.58. The first-order chi connectivity index (χ1) is 17.6. The average Bonchev–Trinajstić information content (AvgIpc) is 3.21. The number of hydrogen-bond donors (Lipinski definition) is 1. The molecule has 0 spiro atoms. The van der Waals surface area contributed by atoms with E-state index >= 15 is 0 Å². The SMILES string of the molecule is Cc1c(Cc2ccccc2)c(C(=O)O)c(-c2ccccc2)n1-c1cccc(OCc2ccccc2)c1. The maximum absolute atomic E-state index is 12.7. The summed E-state index contributed by atoms with van der Waals surface area (Å²) in [4.78, 5) is 12.7. The number of aromatic carboxylic acids is 1. The average molecular weight is 474 g/mol. The third kappa shape index (κ3) is 4.80. The van der Waals surface area contributed by atoms with E-state index in [2.05, 4.69) is 0 Å². The van der Waals surface area contributed by atoms with Crippen LogP contribution in [0.3, 0.4) is 0 Å². The zero-order valence-corrected chi connectivity index (χ0v) is 20.1. The van der Waals surface area contributed by atoms with Crippen LogP contribution in [0.1, 0.15) is 32.7 Å². The number of nitrogens with zero attached hydrogens (tertiary/aromatic N) is 1. The summed E-state index contributed by atoms with van der Waals surface area (Å²) >= 11 is 0. The number of carboxylic acids is 1. The highest BCUT2D eigenvalue weighted by Crippen LogP contribution is 2.36. The van der Waals surface area contributed by atoms with Gasteiger partial charge in [-0.2, -0.15) is 0 Å². The van der Waals surface area contributed by atoms with E-state index in [-0.39, 0.29) is 0 Å².